The molecule has 0 aliphatic heterocycles. The van der Waals surface area contributed by atoms with Gasteiger partial charge in [-0.1, -0.05) is 48.5 Å². The topological polar surface area (TPSA) is 195 Å². The fourth-order valence-electron chi connectivity index (χ4n) is 3.86. The maximum absolute atomic E-state index is 10.4. The van der Waals surface area contributed by atoms with Gasteiger partial charge in [0.1, 0.15) is 11.9 Å². The Balaban J connectivity index is 0.000000131. The number of H-pyrrole nitrogens is 4. The smallest absolute Gasteiger partial charge is 0.542 e. The van der Waals surface area contributed by atoms with Crippen LogP contribution in [0.3, 0.4) is 0 Å². The Morgan fingerprint density at radius 3 is 1.14 bits per heavy atom. The Morgan fingerprint density at radius 2 is 0.814 bits per heavy atom. The number of hydrogen-bond donors (Lipinski definition) is 4. The van der Waals surface area contributed by atoms with Crippen molar-refractivity contribution in [3.63, 3.8) is 0 Å². The molecule has 43 heavy (non-hydrogen) atoms. The van der Waals surface area contributed by atoms with Crippen LogP contribution in [0.5, 0.6) is 0 Å². The molecule has 8 aromatic rings. The third kappa shape index (κ3) is 7.69. The van der Waals surface area contributed by atoms with Gasteiger partial charge in [-0.2, -0.15) is 0 Å². The van der Waals surface area contributed by atoms with Crippen LogP contribution in [-0.2, 0) is 16.5 Å². The number of imidazole rings is 4. The minimum Gasteiger partial charge on any atom is -0.542 e. The van der Waals surface area contributed by atoms with E-state index >= 15 is 0 Å². The molecule has 0 atom stereocenters. The number of aromatic amines is 4. The van der Waals surface area contributed by atoms with Crippen molar-refractivity contribution in [2.24, 2.45) is 0 Å². The average molecular weight is 617 g/mol. The van der Waals surface area contributed by atoms with E-state index in [1.165, 1.54) is 0 Å². The Kier molecular flexibility index (Phi) is 9.96. The molecule has 0 saturated carbocycles. The number of rotatable bonds is 2. The van der Waals surface area contributed by atoms with Crippen LogP contribution >= 0.6 is 0 Å². The maximum atomic E-state index is 10.4. The second kappa shape index (κ2) is 14.2. The van der Waals surface area contributed by atoms with Crippen molar-refractivity contribution >= 4 is 56.1 Å². The van der Waals surface area contributed by atoms with Crippen molar-refractivity contribution in [1.29, 1.82) is 0 Å². The molecule has 4 aromatic carbocycles. The van der Waals surface area contributed by atoms with Crippen molar-refractivity contribution < 1.29 is 36.3 Å². The van der Waals surface area contributed by atoms with Crippen LogP contribution in [0, 0.1) is 0 Å². The standard InChI is InChI=1S/2C8H6N2O2.2C7H6N2.Ni/c2*11-8(12)7-9-5-3-1-2-4-6(5)10-7;2*1-2-4-7-6(3-1)8-5-9-7;/h2*1-4H,(H,9,10)(H,11,12);2*1-5H,(H,8,9);/q;;;;+2/p-2. The number of aromatic carboxylic acids is 2. The molecular weight excluding hydrogens is 595 g/mol. The molecule has 0 bridgehead atoms. The average Bonchev–Trinajstić information content (AvgIpc) is 3.83. The molecule has 0 fully saturated rings. The molecule has 4 N–H and O–H groups in total. The largest absolute Gasteiger partial charge is 2.00 e. The van der Waals surface area contributed by atoms with Crippen molar-refractivity contribution in [1.82, 2.24) is 39.9 Å². The summed E-state index contributed by atoms with van der Waals surface area (Å²) in [5.74, 6) is -2.83. The molecule has 12 nitrogen and oxygen atoms in total. The summed E-state index contributed by atoms with van der Waals surface area (Å²) >= 11 is 0. The van der Waals surface area contributed by atoms with E-state index in [1.807, 2.05) is 48.5 Å². The number of aromatic nitrogens is 8. The fraction of sp³-hybridized carbons (Fsp3) is 0. The maximum Gasteiger partial charge on any atom is 2.00 e. The number of carboxylic acids is 2. The minimum atomic E-state index is -1.29. The molecular formula is C30H22N8NiO4. The molecule has 0 spiro atoms. The summed E-state index contributed by atoms with van der Waals surface area (Å²) in [5.41, 5.74) is 6.92. The first-order valence-electron chi connectivity index (χ1n) is 12.6. The van der Waals surface area contributed by atoms with Crippen molar-refractivity contribution in [3.8, 4) is 0 Å². The summed E-state index contributed by atoms with van der Waals surface area (Å²) in [6, 6.07) is 30.1. The van der Waals surface area contributed by atoms with Crippen LogP contribution in [0.25, 0.3) is 44.1 Å². The van der Waals surface area contributed by atoms with E-state index in [0.29, 0.717) is 22.1 Å². The van der Waals surface area contributed by atoms with Gasteiger partial charge in [-0.25, -0.2) is 19.9 Å². The molecule has 0 unspecified atom stereocenters. The quantitative estimate of drug-likeness (QED) is 0.213. The summed E-state index contributed by atoms with van der Waals surface area (Å²) in [4.78, 5) is 47.7. The minimum absolute atomic E-state index is 0. The van der Waals surface area contributed by atoms with E-state index in [2.05, 4.69) is 39.9 Å². The number of fused-ring (bicyclic) bond motifs is 4. The van der Waals surface area contributed by atoms with E-state index in [9.17, 15) is 19.8 Å². The first kappa shape index (κ1) is 30.2. The van der Waals surface area contributed by atoms with Crippen LogP contribution < -0.4 is 10.2 Å². The number of nitrogens with zero attached hydrogens (tertiary/aromatic N) is 4. The first-order chi connectivity index (χ1) is 20.5. The molecule has 0 radical (unpaired) electrons. The second-order valence-electron chi connectivity index (χ2n) is 8.62. The monoisotopic (exact) mass is 616 g/mol. The van der Waals surface area contributed by atoms with Gasteiger partial charge in [0.2, 0.25) is 0 Å². The zero-order chi connectivity index (χ0) is 29.3. The first-order valence-corrected chi connectivity index (χ1v) is 12.6. The van der Waals surface area contributed by atoms with E-state index in [1.54, 1.807) is 61.2 Å². The molecule has 216 valence electrons. The van der Waals surface area contributed by atoms with Gasteiger partial charge in [0.25, 0.3) is 0 Å². The predicted octanol–water partition coefficient (Wildman–Crippen LogP) is 2.98. The van der Waals surface area contributed by atoms with Gasteiger partial charge in [-0.15, -0.1) is 0 Å². The number of carbonyl (C=O) groups excluding carboxylic acids is 2. The van der Waals surface area contributed by atoms with E-state index in [-0.39, 0.29) is 28.1 Å². The summed E-state index contributed by atoms with van der Waals surface area (Å²) in [6.45, 7) is 0. The van der Waals surface area contributed by atoms with Crippen molar-refractivity contribution in [2.45, 2.75) is 0 Å². The number of carbonyl (C=O) groups is 2. The van der Waals surface area contributed by atoms with Gasteiger partial charge in [0.05, 0.1) is 56.8 Å². The molecule has 0 aliphatic rings. The van der Waals surface area contributed by atoms with Crippen LogP contribution in [0.2, 0.25) is 0 Å². The summed E-state index contributed by atoms with van der Waals surface area (Å²) in [7, 11) is 0. The SMILES string of the molecule is O=C([O-])c1nc2ccccc2[nH]1.O=C([O-])c1nc2ccccc2[nH]1.[Ni+2].c1ccc2[nH]cnc2c1.c1ccc2[nH]cnc2c1. The number of carboxylic acid groups (broad SMARTS) is 2. The fourth-order valence-corrected chi connectivity index (χ4v) is 3.86. The van der Waals surface area contributed by atoms with Crippen LogP contribution in [0.4, 0.5) is 0 Å². The van der Waals surface area contributed by atoms with Gasteiger partial charge in [0, 0.05) is 0 Å². The van der Waals surface area contributed by atoms with Gasteiger partial charge in [-0.3, -0.25) is 0 Å². The number of hydrogen-bond acceptors (Lipinski definition) is 8. The van der Waals surface area contributed by atoms with Gasteiger partial charge >= 0.3 is 16.5 Å². The van der Waals surface area contributed by atoms with Crippen molar-refractivity contribution in [2.75, 3.05) is 0 Å². The van der Waals surface area contributed by atoms with Crippen molar-refractivity contribution in [3.05, 3.63) is 121 Å². The van der Waals surface area contributed by atoms with E-state index < -0.39 is 11.9 Å². The van der Waals surface area contributed by atoms with Crippen LogP contribution in [-0.4, -0.2) is 51.8 Å². The number of nitrogens with one attached hydrogen (secondary N) is 4. The Labute approximate surface area is 253 Å². The van der Waals surface area contributed by atoms with E-state index in [4.69, 9.17) is 0 Å². The van der Waals surface area contributed by atoms with Crippen LogP contribution in [0.15, 0.2) is 110 Å². The zero-order valence-electron chi connectivity index (χ0n) is 22.1. The predicted molar refractivity (Wildman–Crippen MR) is 153 cm³/mol. The Morgan fingerprint density at radius 1 is 0.488 bits per heavy atom. The third-order valence-electron chi connectivity index (χ3n) is 5.82. The summed E-state index contributed by atoms with van der Waals surface area (Å²) < 4.78 is 0. The third-order valence-corrected chi connectivity index (χ3v) is 5.82. The Hall–Kier alpha value is -5.81. The summed E-state index contributed by atoms with van der Waals surface area (Å²) in [6.07, 6.45) is 3.40. The molecule has 0 saturated heterocycles. The molecule has 4 aromatic heterocycles. The van der Waals surface area contributed by atoms with Gasteiger partial charge < -0.3 is 39.7 Å². The second-order valence-corrected chi connectivity index (χ2v) is 8.62. The zero-order valence-corrected chi connectivity index (χ0v) is 23.1. The molecule has 0 aliphatic carbocycles. The Bertz CT molecular complexity index is 1820. The number of benzene rings is 4. The molecule has 13 heteroatoms. The number of para-hydroxylation sites is 8. The van der Waals surface area contributed by atoms with Gasteiger partial charge in [0.15, 0.2) is 11.6 Å². The van der Waals surface area contributed by atoms with E-state index in [0.717, 1.165) is 22.1 Å². The van der Waals surface area contributed by atoms with Gasteiger partial charge in [-0.05, 0) is 48.5 Å². The molecule has 0 amide bonds. The normalized spacial score (nSPS) is 10.0. The summed E-state index contributed by atoms with van der Waals surface area (Å²) in [5, 5.41) is 20.7. The molecule has 8 rings (SSSR count). The molecule has 4 heterocycles. The van der Waals surface area contributed by atoms with Crippen LogP contribution in [0.1, 0.15) is 21.2 Å².